The summed E-state index contributed by atoms with van der Waals surface area (Å²) in [5.41, 5.74) is -10.0. The Kier molecular flexibility index (Phi) is 26.6. The first kappa shape index (κ1) is 59.1. The highest BCUT2D eigenvalue weighted by Crippen LogP contribution is 2.30. The third-order valence-electron chi connectivity index (χ3n) is 5.71. The van der Waals surface area contributed by atoms with Gasteiger partial charge in [-0.3, -0.25) is 0 Å². The van der Waals surface area contributed by atoms with E-state index in [4.69, 9.17) is 13.0 Å². The lowest BCUT2D eigenvalue weighted by Gasteiger charge is -2.19. The first-order chi connectivity index (χ1) is 25.9. The lowest BCUT2D eigenvalue weighted by Crippen LogP contribution is -2.30. The van der Waals surface area contributed by atoms with Crippen molar-refractivity contribution in [3.8, 4) is 0 Å². The monoisotopic (exact) mass is 947 g/mol. The highest BCUT2D eigenvalue weighted by Gasteiger charge is 2.40. The second kappa shape index (κ2) is 26.1. The van der Waals surface area contributed by atoms with Crippen LogP contribution in [0.1, 0.15) is 52.0 Å². The minimum Gasteiger partial charge on any atom is -0.748 e. The fourth-order valence-electron chi connectivity index (χ4n) is 3.33. The summed E-state index contributed by atoms with van der Waals surface area (Å²) in [6, 6.07) is 4.17. The van der Waals surface area contributed by atoms with Crippen molar-refractivity contribution in [1.29, 1.82) is 0 Å². The van der Waals surface area contributed by atoms with Crippen molar-refractivity contribution in [1.82, 2.24) is 9.13 Å². The highest BCUT2D eigenvalue weighted by atomic mass is 32.3. The zero-order chi connectivity index (χ0) is 46.4. The number of aromatic nitrogens is 5. The van der Waals surface area contributed by atoms with Gasteiger partial charge in [-0.15, -0.1) is 0 Å². The Morgan fingerprint density at radius 2 is 1.07 bits per heavy atom. The van der Waals surface area contributed by atoms with Gasteiger partial charge in [0.05, 0.1) is 57.3 Å². The molecule has 0 saturated carbocycles. The van der Waals surface area contributed by atoms with Gasteiger partial charge in [0.15, 0.2) is 32.4 Å². The number of halogens is 6. The summed E-state index contributed by atoms with van der Waals surface area (Å²) in [5.74, 6) is 0. The Labute approximate surface area is 337 Å². The Balaban J connectivity index is -0.000000637. The molecule has 0 fully saturated rings. The van der Waals surface area contributed by atoms with Crippen LogP contribution in [0.25, 0.3) is 8.25 Å². The van der Waals surface area contributed by atoms with E-state index >= 15 is 0 Å². The van der Waals surface area contributed by atoms with Gasteiger partial charge in [0.1, 0.15) is 31.3 Å². The van der Waals surface area contributed by atoms with Gasteiger partial charge >= 0.3 is 11.0 Å². The van der Waals surface area contributed by atoms with Crippen molar-refractivity contribution in [2.75, 3.05) is 18.8 Å². The summed E-state index contributed by atoms with van der Waals surface area (Å²) < 4.78 is 190. The molecule has 0 unspecified atom stereocenters. The van der Waals surface area contributed by atoms with Crippen LogP contribution in [-0.2, 0) is 83.9 Å². The SMILES string of the molecule is CCCCCCn1cc[n+](C)c1.CC[n+]1cccc(C)c1.CCn1cc[n+](C)c1.CS(=O)(=O)[N-]S(=O)(=O)C(F)(F)F.CS(=O)(=O)[N-]S(=O)(=O)C(F)(F)F.CS(=O)(=O)[O-]. The topological polar surface area (TPSA) is 243 Å². The Morgan fingerprint density at radius 1 is 0.672 bits per heavy atom. The number of aryl methyl sites for hydroxylation is 6. The maximum Gasteiger partial charge on any atom is 0.480 e. The molecule has 3 heterocycles. The molecule has 0 atom stereocenters. The quantitative estimate of drug-likeness (QED) is 0.117. The minimum atomic E-state index is -5.92. The second-order valence-electron chi connectivity index (χ2n) is 11.7. The van der Waals surface area contributed by atoms with Gasteiger partial charge in [0, 0.05) is 30.4 Å². The third kappa shape index (κ3) is 33.7. The molecule has 3 aromatic rings. The van der Waals surface area contributed by atoms with Gasteiger partial charge in [-0.25, -0.2) is 64.9 Å². The Morgan fingerprint density at radius 3 is 1.29 bits per heavy atom. The van der Waals surface area contributed by atoms with E-state index in [1.54, 1.807) is 8.25 Å². The fourth-order valence-corrected chi connectivity index (χ4v) is 6.86. The first-order valence-electron chi connectivity index (χ1n) is 16.3. The normalized spacial score (nSPS) is 12.1. The molecule has 0 saturated heterocycles. The first-order valence-corrected chi connectivity index (χ1v) is 24.7. The van der Waals surface area contributed by atoms with Crippen molar-refractivity contribution in [3.05, 3.63) is 75.8 Å². The molecule has 0 radical (unpaired) electrons. The minimum absolute atomic E-state index is 0.246. The van der Waals surface area contributed by atoms with Gasteiger partial charge in [0.25, 0.3) is 0 Å². The largest absolute Gasteiger partial charge is 0.748 e. The zero-order valence-corrected chi connectivity index (χ0v) is 37.2. The van der Waals surface area contributed by atoms with Gasteiger partial charge in [0.2, 0.25) is 12.7 Å². The average Bonchev–Trinajstić information content (AvgIpc) is 3.63. The number of sulfonamides is 4. The molecule has 0 aromatic carbocycles. The predicted molar refractivity (Wildman–Crippen MR) is 200 cm³/mol. The molecule has 0 aliphatic rings. The Hall–Kier alpha value is -3.22. The van der Waals surface area contributed by atoms with Crippen LogP contribution >= 0.6 is 0 Å². The summed E-state index contributed by atoms with van der Waals surface area (Å²) in [6.07, 6.45) is 23.2. The molecule has 0 bridgehead atoms. The molecule has 0 aliphatic heterocycles. The van der Waals surface area contributed by atoms with Gasteiger partial charge < -0.3 is 12.8 Å². The number of rotatable bonds is 11. The van der Waals surface area contributed by atoms with Crippen molar-refractivity contribution >= 4 is 50.2 Å². The van der Waals surface area contributed by atoms with Crippen LogP contribution in [0.3, 0.4) is 0 Å². The second-order valence-corrected chi connectivity index (χ2v) is 20.0. The van der Waals surface area contributed by atoms with Crippen LogP contribution in [0.15, 0.2) is 62.0 Å². The fraction of sp³-hybridized carbons (Fsp3) is 0.621. The van der Waals surface area contributed by atoms with E-state index in [1.165, 1.54) is 37.8 Å². The number of nitrogens with zero attached hydrogens (tertiary/aromatic N) is 7. The summed E-state index contributed by atoms with van der Waals surface area (Å²) >= 11 is 0. The number of imidazole rings is 2. The number of alkyl halides is 6. The summed E-state index contributed by atoms with van der Waals surface area (Å²) in [6.45, 7) is 11.9. The van der Waals surface area contributed by atoms with Gasteiger partial charge in [-0.05, 0) is 39.7 Å². The van der Waals surface area contributed by atoms with E-state index in [0.29, 0.717) is 6.26 Å². The van der Waals surface area contributed by atoms with E-state index in [1.807, 2.05) is 17.8 Å². The smallest absolute Gasteiger partial charge is 0.480 e. The number of hydrogen-bond donors (Lipinski definition) is 0. The Bertz CT molecular complexity index is 2110. The van der Waals surface area contributed by atoms with Crippen LogP contribution in [0.2, 0.25) is 0 Å². The molecule has 0 N–H and O–H groups in total. The molecule has 340 valence electrons. The van der Waals surface area contributed by atoms with E-state index in [-0.39, 0.29) is 12.5 Å². The van der Waals surface area contributed by atoms with Crippen LogP contribution in [0, 0.1) is 6.92 Å². The van der Waals surface area contributed by atoms with Crippen molar-refractivity contribution in [2.45, 2.75) is 84.0 Å². The average molecular weight is 948 g/mol. The van der Waals surface area contributed by atoms with Crippen molar-refractivity contribution < 1.29 is 86.7 Å². The highest BCUT2D eigenvalue weighted by molar-refractivity contribution is 8.12. The van der Waals surface area contributed by atoms with E-state index in [9.17, 15) is 60.0 Å². The molecular weight excluding hydrogens is 897 g/mol. The molecule has 0 aliphatic carbocycles. The standard InChI is InChI=1S/C10H19N2.C8H12N.C6H11N2.2C2H3F3NO4S2.CH4O3S/c1-3-4-5-6-7-12-9-8-11(2)10-12;1-3-9-6-4-5-8(2)7-9;1-3-8-5-4-7(2)6-8;2*1-11(7,8)6-12(9,10)2(3,4)5;1-5(2,3)4/h8-10H,3-7H2,1-2H3;4-7H,3H2,1-2H3;4-6H,3H2,1-2H3;2*1H3;1H3,(H,2,3,4)/q3*+1;2*-1;/p-1. The van der Waals surface area contributed by atoms with E-state index in [2.05, 4.69) is 109 Å². The van der Waals surface area contributed by atoms with E-state index < -0.39 is 61.2 Å². The molecule has 0 amide bonds. The molecule has 58 heavy (non-hydrogen) atoms. The molecule has 29 heteroatoms. The maximum atomic E-state index is 11.4. The van der Waals surface area contributed by atoms with Crippen molar-refractivity contribution in [2.24, 2.45) is 14.1 Å². The van der Waals surface area contributed by atoms with Crippen LogP contribution < -0.4 is 13.7 Å². The van der Waals surface area contributed by atoms with Crippen LogP contribution in [0.5, 0.6) is 0 Å². The van der Waals surface area contributed by atoms with Crippen LogP contribution in [-0.4, -0.2) is 85.6 Å². The number of pyridine rings is 1. The van der Waals surface area contributed by atoms with Crippen molar-refractivity contribution in [3.63, 3.8) is 0 Å². The number of hydrogen-bond acceptors (Lipinski definition) is 11. The predicted octanol–water partition coefficient (Wildman–Crippen LogP) is 3.03. The van der Waals surface area contributed by atoms with Crippen LogP contribution in [0.4, 0.5) is 26.3 Å². The molecule has 3 rings (SSSR count). The molecule has 0 spiro atoms. The summed E-state index contributed by atoms with van der Waals surface area (Å²) in [5, 5.41) is 0. The molecular formula is C29H51F6N7O11S5. The molecule has 18 nitrogen and oxygen atoms in total. The third-order valence-corrected chi connectivity index (χ3v) is 10.6. The summed E-state index contributed by atoms with van der Waals surface area (Å²) in [7, 11) is -20.8. The van der Waals surface area contributed by atoms with Gasteiger partial charge in [-0.2, -0.15) is 26.3 Å². The zero-order valence-electron chi connectivity index (χ0n) is 33.2. The lowest BCUT2D eigenvalue weighted by molar-refractivity contribution is -0.693. The lowest BCUT2D eigenvalue weighted by atomic mass is 10.2. The van der Waals surface area contributed by atoms with E-state index in [0.717, 1.165) is 13.1 Å². The van der Waals surface area contributed by atoms with Gasteiger partial charge in [-0.1, -0.05) is 19.8 Å². The summed E-state index contributed by atoms with van der Waals surface area (Å²) in [4.78, 5) is 0. The number of unbranched alkanes of at least 4 members (excludes halogenated alkanes) is 3. The maximum absolute atomic E-state index is 11.4. The molecule has 3 aromatic heterocycles.